The van der Waals surface area contributed by atoms with Crippen LogP contribution in [0, 0.1) is 5.92 Å². The summed E-state index contributed by atoms with van der Waals surface area (Å²) in [5, 5.41) is 5.99. The molecular formula is C16H18F3N3O2. The predicted octanol–water partition coefficient (Wildman–Crippen LogP) is 3.33. The number of hydrazone groups is 1. The largest absolute Gasteiger partial charge is 0.416 e. The molecule has 2 N–H and O–H groups in total. The molecule has 1 aliphatic rings. The first-order chi connectivity index (χ1) is 11.4. The van der Waals surface area contributed by atoms with Crippen LogP contribution in [0.2, 0.25) is 0 Å². The van der Waals surface area contributed by atoms with Crippen molar-refractivity contribution in [3.8, 4) is 0 Å². The van der Waals surface area contributed by atoms with Crippen LogP contribution in [-0.4, -0.2) is 18.0 Å². The molecule has 24 heavy (non-hydrogen) atoms. The van der Waals surface area contributed by atoms with E-state index >= 15 is 0 Å². The summed E-state index contributed by atoms with van der Waals surface area (Å²) in [5.41, 5.74) is 1.39. The van der Waals surface area contributed by atoms with E-state index in [1.165, 1.54) is 6.42 Å². The van der Waals surface area contributed by atoms with Crippen molar-refractivity contribution in [3.05, 3.63) is 29.8 Å². The summed E-state index contributed by atoms with van der Waals surface area (Å²) in [6.45, 7) is 0. The zero-order chi connectivity index (χ0) is 17.6. The van der Waals surface area contributed by atoms with Gasteiger partial charge in [-0.05, 0) is 43.0 Å². The van der Waals surface area contributed by atoms with E-state index in [-0.39, 0.29) is 5.69 Å². The third kappa shape index (κ3) is 5.36. The fourth-order valence-corrected chi connectivity index (χ4v) is 2.47. The second-order valence-corrected chi connectivity index (χ2v) is 5.65. The number of hydrogen-bond donors (Lipinski definition) is 2. The summed E-state index contributed by atoms with van der Waals surface area (Å²) in [4.78, 5) is 23.3. The van der Waals surface area contributed by atoms with E-state index < -0.39 is 23.6 Å². The van der Waals surface area contributed by atoms with Crippen molar-refractivity contribution in [2.24, 2.45) is 11.0 Å². The van der Waals surface area contributed by atoms with Gasteiger partial charge in [-0.15, -0.1) is 0 Å². The summed E-state index contributed by atoms with van der Waals surface area (Å²) in [5.74, 6) is -1.66. The number of carbonyl (C=O) groups excluding carboxylic acids is 2. The molecule has 0 bridgehead atoms. The third-order valence-electron chi connectivity index (χ3n) is 3.78. The first-order valence-electron chi connectivity index (χ1n) is 7.68. The van der Waals surface area contributed by atoms with E-state index in [1.807, 2.05) is 0 Å². The minimum absolute atomic E-state index is 0.0967. The fourth-order valence-electron chi connectivity index (χ4n) is 2.47. The summed E-state index contributed by atoms with van der Waals surface area (Å²) in [6, 6.07) is 3.82. The highest BCUT2D eigenvalue weighted by Crippen LogP contribution is 2.29. The minimum atomic E-state index is -4.45. The van der Waals surface area contributed by atoms with E-state index in [0.717, 1.165) is 49.9 Å². The molecule has 1 aromatic carbocycles. The molecule has 130 valence electrons. The molecule has 1 saturated carbocycles. The van der Waals surface area contributed by atoms with Gasteiger partial charge in [-0.2, -0.15) is 18.3 Å². The van der Waals surface area contributed by atoms with Gasteiger partial charge in [0.25, 0.3) is 0 Å². The number of amides is 2. The lowest BCUT2D eigenvalue weighted by Gasteiger charge is -2.16. The van der Waals surface area contributed by atoms with Gasteiger partial charge in [-0.25, -0.2) is 5.43 Å². The lowest BCUT2D eigenvalue weighted by atomic mass is 9.90. The van der Waals surface area contributed by atoms with Crippen LogP contribution in [-0.2, 0) is 15.8 Å². The SMILES string of the molecule is O=C(N/N=C/C1CCCCC1)C(=O)Nc1ccc(C(F)(F)F)cc1. The van der Waals surface area contributed by atoms with Gasteiger partial charge < -0.3 is 5.32 Å². The van der Waals surface area contributed by atoms with Gasteiger partial charge in [-0.3, -0.25) is 9.59 Å². The molecule has 0 spiro atoms. The molecule has 0 radical (unpaired) electrons. The van der Waals surface area contributed by atoms with E-state index in [2.05, 4.69) is 15.8 Å². The average Bonchev–Trinajstić information content (AvgIpc) is 2.55. The maximum Gasteiger partial charge on any atom is 0.416 e. The molecule has 0 aromatic heterocycles. The highest BCUT2D eigenvalue weighted by Gasteiger charge is 2.30. The second kappa shape index (κ2) is 7.94. The molecule has 0 saturated heterocycles. The molecule has 2 amide bonds. The van der Waals surface area contributed by atoms with Crippen LogP contribution in [0.25, 0.3) is 0 Å². The van der Waals surface area contributed by atoms with Gasteiger partial charge in [0, 0.05) is 11.9 Å². The topological polar surface area (TPSA) is 70.6 Å². The molecule has 0 unspecified atom stereocenters. The Morgan fingerprint density at radius 2 is 1.67 bits per heavy atom. The van der Waals surface area contributed by atoms with E-state index in [1.54, 1.807) is 6.21 Å². The average molecular weight is 341 g/mol. The first-order valence-corrected chi connectivity index (χ1v) is 7.68. The lowest BCUT2D eigenvalue weighted by molar-refractivity contribution is -0.137. The zero-order valence-corrected chi connectivity index (χ0v) is 12.9. The standard InChI is InChI=1S/C16H18F3N3O2/c17-16(18,19)12-6-8-13(9-7-12)21-14(23)15(24)22-20-10-11-4-2-1-3-5-11/h6-11H,1-5H2,(H,21,23)(H,22,24)/b20-10+. The summed E-state index contributed by atoms with van der Waals surface area (Å²) >= 11 is 0. The number of nitrogens with zero attached hydrogens (tertiary/aromatic N) is 1. The summed E-state index contributed by atoms with van der Waals surface area (Å²) in [6.07, 6.45) is 2.65. The molecule has 5 nitrogen and oxygen atoms in total. The van der Waals surface area contributed by atoms with Crippen LogP contribution in [0.15, 0.2) is 29.4 Å². The molecular weight excluding hydrogens is 323 g/mol. The van der Waals surface area contributed by atoms with Gasteiger partial charge >= 0.3 is 18.0 Å². The highest BCUT2D eigenvalue weighted by atomic mass is 19.4. The Labute approximate surface area is 137 Å². The van der Waals surface area contributed by atoms with Crippen LogP contribution in [0.4, 0.5) is 18.9 Å². The molecule has 2 rings (SSSR count). The molecule has 1 aromatic rings. The second-order valence-electron chi connectivity index (χ2n) is 5.65. The normalized spacial score (nSPS) is 16.1. The fraction of sp³-hybridized carbons (Fsp3) is 0.438. The number of hydrogen-bond acceptors (Lipinski definition) is 3. The van der Waals surface area contributed by atoms with Crippen molar-refractivity contribution in [2.45, 2.75) is 38.3 Å². The van der Waals surface area contributed by atoms with E-state index in [0.29, 0.717) is 5.92 Å². The van der Waals surface area contributed by atoms with Crippen LogP contribution in [0.5, 0.6) is 0 Å². The molecule has 1 aliphatic carbocycles. The molecule has 0 atom stereocenters. The van der Waals surface area contributed by atoms with Gasteiger partial charge in [0.15, 0.2) is 0 Å². The maximum absolute atomic E-state index is 12.4. The van der Waals surface area contributed by atoms with E-state index in [9.17, 15) is 22.8 Å². The Bertz CT molecular complexity index is 606. The van der Waals surface area contributed by atoms with Crippen LogP contribution in [0.1, 0.15) is 37.7 Å². The molecule has 0 aliphatic heterocycles. The van der Waals surface area contributed by atoms with Crippen molar-refractivity contribution in [3.63, 3.8) is 0 Å². The Morgan fingerprint density at radius 1 is 1.04 bits per heavy atom. The predicted molar refractivity (Wildman–Crippen MR) is 83.3 cm³/mol. The smallest absolute Gasteiger partial charge is 0.318 e. The van der Waals surface area contributed by atoms with Crippen molar-refractivity contribution in [1.82, 2.24) is 5.43 Å². The quantitative estimate of drug-likeness (QED) is 0.503. The maximum atomic E-state index is 12.4. The first kappa shape index (κ1) is 18.0. The number of alkyl halides is 3. The number of carbonyl (C=O) groups is 2. The van der Waals surface area contributed by atoms with E-state index in [4.69, 9.17) is 0 Å². The van der Waals surface area contributed by atoms with Crippen molar-refractivity contribution in [1.29, 1.82) is 0 Å². The Balaban J connectivity index is 1.82. The monoisotopic (exact) mass is 341 g/mol. The molecule has 0 heterocycles. The number of halogens is 3. The zero-order valence-electron chi connectivity index (χ0n) is 12.9. The van der Waals surface area contributed by atoms with Crippen molar-refractivity contribution < 1.29 is 22.8 Å². The summed E-state index contributed by atoms with van der Waals surface area (Å²) < 4.78 is 37.3. The Kier molecular flexibility index (Phi) is 5.94. The van der Waals surface area contributed by atoms with Crippen LogP contribution >= 0.6 is 0 Å². The highest BCUT2D eigenvalue weighted by molar-refractivity contribution is 6.39. The van der Waals surface area contributed by atoms with Crippen molar-refractivity contribution >= 4 is 23.7 Å². The number of anilines is 1. The number of rotatable bonds is 3. The Morgan fingerprint density at radius 3 is 2.25 bits per heavy atom. The molecule has 1 fully saturated rings. The minimum Gasteiger partial charge on any atom is -0.318 e. The van der Waals surface area contributed by atoms with Gasteiger partial charge in [0.2, 0.25) is 0 Å². The number of nitrogens with one attached hydrogen (secondary N) is 2. The van der Waals surface area contributed by atoms with Gasteiger partial charge in [0.1, 0.15) is 0 Å². The van der Waals surface area contributed by atoms with Crippen LogP contribution in [0.3, 0.4) is 0 Å². The Hall–Kier alpha value is -2.38. The van der Waals surface area contributed by atoms with Gasteiger partial charge in [0.05, 0.1) is 5.56 Å². The summed E-state index contributed by atoms with van der Waals surface area (Å²) in [7, 11) is 0. The van der Waals surface area contributed by atoms with Crippen molar-refractivity contribution in [2.75, 3.05) is 5.32 Å². The van der Waals surface area contributed by atoms with Crippen LogP contribution < -0.4 is 10.7 Å². The van der Waals surface area contributed by atoms with Gasteiger partial charge in [-0.1, -0.05) is 19.3 Å². The molecule has 8 heteroatoms. The third-order valence-corrected chi connectivity index (χ3v) is 3.78. The number of benzene rings is 1. The lowest BCUT2D eigenvalue weighted by Crippen LogP contribution is -2.32.